The summed E-state index contributed by atoms with van der Waals surface area (Å²) in [6, 6.07) is 0. The predicted molar refractivity (Wildman–Crippen MR) is 68.8 cm³/mol. The lowest BCUT2D eigenvalue weighted by molar-refractivity contribution is 0.0541. The minimum absolute atomic E-state index is 0.542. The van der Waals surface area contributed by atoms with Gasteiger partial charge in [0.05, 0.1) is 6.26 Å². The Kier molecular flexibility index (Phi) is 8.31. The SMILES string of the molecule is CS(=O)(=O)O.O=C(OCC#CCO)c1c(F)c(F)c(F)c(F)c1F. The Morgan fingerprint density at radius 1 is 1.00 bits per heavy atom. The van der Waals surface area contributed by atoms with Crippen molar-refractivity contribution in [3.63, 3.8) is 0 Å². The molecule has 0 atom stereocenters. The molecule has 0 fully saturated rings. The number of hydrogen-bond acceptors (Lipinski definition) is 5. The Bertz CT molecular complexity index is 744. The number of ether oxygens (including phenoxy) is 1. The molecule has 12 heteroatoms. The molecular weight excluding hydrogens is 367 g/mol. The van der Waals surface area contributed by atoms with Crippen LogP contribution in [0.15, 0.2) is 0 Å². The Hall–Kier alpha value is -2.23. The molecule has 0 aliphatic heterocycles. The van der Waals surface area contributed by atoms with Crippen LogP contribution in [-0.2, 0) is 14.9 Å². The van der Waals surface area contributed by atoms with E-state index < -0.39 is 64.0 Å². The third-order valence-corrected chi connectivity index (χ3v) is 1.89. The van der Waals surface area contributed by atoms with Crippen LogP contribution in [0.3, 0.4) is 0 Å². The van der Waals surface area contributed by atoms with Gasteiger partial charge in [-0.2, -0.15) is 8.42 Å². The third-order valence-electron chi connectivity index (χ3n) is 1.89. The van der Waals surface area contributed by atoms with Gasteiger partial charge in [0.25, 0.3) is 10.1 Å². The Balaban J connectivity index is 0.000000922. The summed E-state index contributed by atoms with van der Waals surface area (Å²) in [4.78, 5) is 11.2. The summed E-state index contributed by atoms with van der Waals surface area (Å²) in [6.07, 6.45) is 0.715. The molecule has 1 aromatic rings. The van der Waals surface area contributed by atoms with Crippen molar-refractivity contribution in [1.29, 1.82) is 0 Å². The van der Waals surface area contributed by atoms with Crippen molar-refractivity contribution in [2.75, 3.05) is 19.5 Å². The van der Waals surface area contributed by atoms with Crippen molar-refractivity contribution in [2.24, 2.45) is 0 Å². The number of benzene rings is 1. The van der Waals surface area contributed by atoms with Gasteiger partial charge >= 0.3 is 5.97 Å². The lowest BCUT2D eigenvalue weighted by Crippen LogP contribution is -2.15. The van der Waals surface area contributed by atoms with Crippen LogP contribution < -0.4 is 0 Å². The number of aliphatic hydroxyl groups is 1. The van der Waals surface area contributed by atoms with E-state index in [1.54, 1.807) is 0 Å². The molecule has 0 saturated heterocycles. The topological polar surface area (TPSA) is 101 Å². The highest BCUT2D eigenvalue weighted by Crippen LogP contribution is 2.23. The Morgan fingerprint density at radius 2 is 1.38 bits per heavy atom. The molecule has 6 nitrogen and oxygen atoms in total. The van der Waals surface area contributed by atoms with Crippen molar-refractivity contribution < 1.29 is 49.6 Å². The maximum absolute atomic E-state index is 13.1. The van der Waals surface area contributed by atoms with E-state index in [2.05, 4.69) is 10.7 Å². The zero-order valence-corrected chi connectivity index (χ0v) is 12.6. The average Bonchev–Trinajstić information content (AvgIpc) is 2.46. The minimum Gasteiger partial charge on any atom is -0.449 e. The molecule has 0 heterocycles. The van der Waals surface area contributed by atoms with Crippen LogP contribution in [-0.4, -0.2) is 43.5 Å². The number of halogens is 5. The van der Waals surface area contributed by atoms with Crippen molar-refractivity contribution >= 4 is 16.1 Å². The number of carbonyl (C=O) groups excluding carboxylic acids is 1. The van der Waals surface area contributed by atoms with E-state index in [1.807, 2.05) is 5.92 Å². The van der Waals surface area contributed by atoms with Gasteiger partial charge in [-0.05, 0) is 0 Å². The molecule has 0 aromatic heterocycles. The van der Waals surface area contributed by atoms with E-state index in [4.69, 9.17) is 9.66 Å². The third kappa shape index (κ3) is 6.90. The van der Waals surface area contributed by atoms with E-state index >= 15 is 0 Å². The maximum atomic E-state index is 13.1. The summed E-state index contributed by atoms with van der Waals surface area (Å²) in [5.41, 5.74) is -1.69. The predicted octanol–water partition coefficient (Wildman–Crippen LogP) is 1.04. The van der Waals surface area contributed by atoms with E-state index in [9.17, 15) is 35.2 Å². The molecule has 0 radical (unpaired) electrons. The van der Waals surface area contributed by atoms with Gasteiger partial charge in [-0.15, -0.1) is 0 Å². The summed E-state index contributed by atoms with van der Waals surface area (Å²) in [6.45, 7) is -1.21. The number of hydrogen-bond donors (Lipinski definition) is 2. The second-order valence-corrected chi connectivity index (χ2v) is 5.23. The highest BCUT2D eigenvalue weighted by atomic mass is 32.2. The van der Waals surface area contributed by atoms with Crippen LogP contribution in [0.25, 0.3) is 0 Å². The number of carbonyl (C=O) groups is 1. The Morgan fingerprint density at radius 3 is 1.75 bits per heavy atom. The normalized spacial score (nSPS) is 10.2. The van der Waals surface area contributed by atoms with Crippen LogP contribution in [0.4, 0.5) is 22.0 Å². The van der Waals surface area contributed by atoms with Gasteiger partial charge < -0.3 is 9.84 Å². The average molecular weight is 376 g/mol. The maximum Gasteiger partial charge on any atom is 0.345 e. The zero-order chi connectivity index (χ0) is 19.1. The van der Waals surface area contributed by atoms with Crippen molar-refractivity contribution in [2.45, 2.75) is 0 Å². The fourth-order valence-electron chi connectivity index (χ4n) is 1.06. The lowest BCUT2D eigenvalue weighted by Gasteiger charge is -2.06. The molecule has 0 unspecified atom stereocenters. The zero-order valence-electron chi connectivity index (χ0n) is 11.7. The highest BCUT2D eigenvalue weighted by Gasteiger charge is 2.30. The molecule has 1 rings (SSSR count). The standard InChI is InChI=1S/C11H5F5O3.CH4O3S/c12-6-5(11(18)19-4-2-1-3-17)7(13)9(15)10(16)8(6)14;1-5(2,3)4/h17H,3-4H2;1H3,(H,2,3,4). The van der Waals surface area contributed by atoms with Crippen LogP contribution in [0, 0.1) is 40.9 Å². The van der Waals surface area contributed by atoms with Gasteiger partial charge in [-0.25, -0.2) is 26.7 Å². The first-order valence-corrected chi connectivity index (χ1v) is 7.44. The summed E-state index contributed by atoms with van der Waals surface area (Å²) in [5.74, 6) is -9.05. The van der Waals surface area contributed by atoms with Crippen molar-refractivity contribution in [3.8, 4) is 11.8 Å². The van der Waals surface area contributed by atoms with Gasteiger partial charge in [0.2, 0.25) is 5.82 Å². The lowest BCUT2D eigenvalue weighted by atomic mass is 10.1. The smallest absolute Gasteiger partial charge is 0.345 e. The molecule has 0 spiro atoms. The second kappa shape index (κ2) is 9.16. The highest BCUT2D eigenvalue weighted by molar-refractivity contribution is 7.85. The van der Waals surface area contributed by atoms with Gasteiger partial charge in [0, 0.05) is 0 Å². The number of esters is 1. The largest absolute Gasteiger partial charge is 0.449 e. The van der Waals surface area contributed by atoms with E-state index in [1.165, 1.54) is 0 Å². The summed E-state index contributed by atoms with van der Waals surface area (Å²) in [7, 11) is -3.67. The van der Waals surface area contributed by atoms with Crippen molar-refractivity contribution in [1.82, 2.24) is 0 Å². The first-order chi connectivity index (χ1) is 10.9. The number of aliphatic hydroxyl groups excluding tert-OH is 1. The van der Waals surface area contributed by atoms with Gasteiger partial charge in [-0.3, -0.25) is 4.55 Å². The second-order valence-electron chi connectivity index (χ2n) is 3.77. The summed E-state index contributed by atoms with van der Waals surface area (Å²) >= 11 is 0. The van der Waals surface area contributed by atoms with Crippen LogP contribution >= 0.6 is 0 Å². The first kappa shape index (κ1) is 21.8. The molecule has 0 aliphatic carbocycles. The molecular formula is C12H9F5O6S. The summed E-state index contributed by atoms with van der Waals surface area (Å²) in [5, 5.41) is 8.27. The Labute approximate surface area is 132 Å². The van der Waals surface area contributed by atoms with Gasteiger partial charge in [0.1, 0.15) is 12.2 Å². The first-order valence-electron chi connectivity index (χ1n) is 5.59. The molecule has 0 bridgehead atoms. The van der Waals surface area contributed by atoms with Crippen molar-refractivity contribution in [3.05, 3.63) is 34.6 Å². The van der Waals surface area contributed by atoms with Gasteiger partial charge in [0.15, 0.2) is 29.9 Å². The molecule has 1 aromatic carbocycles. The molecule has 134 valence electrons. The molecule has 0 amide bonds. The van der Waals surface area contributed by atoms with E-state index in [0.29, 0.717) is 6.26 Å². The monoisotopic (exact) mass is 376 g/mol. The molecule has 0 aliphatic rings. The fraction of sp³-hybridized carbons (Fsp3) is 0.250. The summed E-state index contributed by atoms with van der Waals surface area (Å²) < 4.78 is 94.5. The van der Waals surface area contributed by atoms with E-state index in [-0.39, 0.29) is 0 Å². The van der Waals surface area contributed by atoms with Crippen LogP contribution in [0.2, 0.25) is 0 Å². The molecule has 0 saturated carbocycles. The van der Waals surface area contributed by atoms with Gasteiger partial charge in [-0.1, -0.05) is 11.8 Å². The minimum atomic E-state index is -3.67. The quantitative estimate of drug-likeness (QED) is 0.200. The van der Waals surface area contributed by atoms with E-state index in [0.717, 1.165) is 0 Å². The fourth-order valence-corrected chi connectivity index (χ4v) is 1.06. The number of rotatable bonds is 2. The molecule has 24 heavy (non-hydrogen) atoms. The van der Waals surface area contributed by atoms with Crippen LogP contribution in [0.1, 0.15) is 10.4 Å². The molecule has 2 N–H and O–H groups in total. The van der Waals surface area contributed by atoms with Crippen LogP contribution in [0.5, 0.6) is 0 Å².